The van der Waals surface area contributed by atoms with E-state index in [0.717, 1.165) is 11.1 Å². The van der Waals surface area contributed by atoms with Crippen molar-refractivity contribution in [1.82, 2.24) is 4.90 Å². The zero-order chi connectivity index (χ0) is 16.1. The van der Waals surface area contributed by atoms with Crippen molar-refractivity contribution >= 4 is 6.09 Å². The van der Waals surface area contributed by atoms with Crippen LogP contribution in [0, 0.1) is 0 Å². The molecule has 0 aliphatic carbocycles. The van der Waals surface area contributed by atoms with Crippen LogP contribution in [0.1, 0.15) is 17.5 Å². The van der Waals surface area contributed by atoms with Crippen molar-refractivity contribution in [3.8, 4) is 0 Å². The number of carbonyl (C=O) groups is 1. The summed E-state index contributed by atoms with van der Waals surface area (Å²) in [5.41, 5.74) is 2.07. The van der Waals surface area contributed by atoms with Gasteiger partial charge in [0.1, 0.15) is 6.61 Å². The van der Waals surface area contributed by atoms with E-state index in [2.05, 4.69) is 0 Å². The van der Waals surface area contributed by atoms with Gasteiger partial charge in [-0.2, -0.15) is 0 Å². The molecule has 1 heterocycles. The molecule has 23 heavy (non-hydrogen) atoms. The summed E-state index contributed by atoms with van der Waals surface area (Å²) in [5.74, 6) is 0. The summed E-state index contributed by atoms with van der Waals surface area (Å²) >= 11 is 0. The molecule has 4 nitrogen and oxygen atoms in total. The molecule has 120 valence electrons. The van der Waals surface area contributed by atoms with E-state index in [1.165, 1.54) is 0 Å². The standard InChI is InChI=1S/C19H21NO3/c21-18-11-12-20(17(18)13-15-7-3-1-4-8-15)19(22)23-14-16-9-5-2-6-10-16/h1-10,17-18,21H,11-14H2/t17-,18-/m1/s1. The Balaban J connectivity index is 1.62. The van der Waals surface area contributed by atoms with Crippen molar-refractivity contribution in [2.24, 2.45) is 0 Å². The first-order valence-electron chi connectivity index (χ1n) is 7.93. The predicted molar refractivity (Wildman–Crippen MR) is 87.9 cm³/mol. The van der Waals surface area contributed by atoms with Gasteiger partial charge >= 0.3 is 6.09 Å². The first-order chi connectivity index (χ1) is 11.2. The van der Waals surface area contributed by atoms with E-state index in [-0.39, 0.29) is 18.7 Å². The molecule has 0 saturated carbocycles. The second-order valence-corrected chi connectivity index (χ2v) is 5.85. The van der Waals surface area contributed by atoms with Crippen LogP contribution < -0.4 is 0 Å². The van der Waals surface area contributed by atoms with Gasteiger partial charge in [0.25, 0.3) is 0 Å². The van der Waals surface area contributed by atoms with Crippen molar-refractivity contribution in [3.05, 3.63) is 71.8 Å². The summed E-state index contributed by atoms with van der Waals surface area (Å²) in [7, 11) is 0. The Hall–Kier alpha value is -2.33. The van der Waals surface area contributed by atoms with E-state index < -0.39 is 6.10 Å². The molecule has 1 saturated heterocycles. The highest BCUT2D eigenvalue weighted by Gasteiger charge is 2.36. The summed E-state index contributed by atoms with van der Waals surface area (Å²) in [5, 5.41) is 10.2. The Bertz CT molecular complexity index is 630. The van der Waals surface area contributed by atoms with Crippen molar-refractivity contribution in [1.29, 1.82) is 0 Å². The van der Waals surface area contributed by atoms with Crippen LogP contribution in [0.4, 0.5) is 4.79 Å². The highest BCUT2D eigenvalue weighted by molar-refractivity contribution is 5.68. The third-order valence-corrected chi connectivity index (χ3v) is 4.24. The molecule has 2 atom stereocenters. The van der Waals surface area contributed by atoms with E-state index >= 15 is 0 Å². The van der Waals surface area contributed by atoms with Gasteiger partial charge in [-0.25, -0.2) is 4.79 Å². The van der Waals surface area contributed by atoms with Gasteiger partial charge in [0, 0.05) is 6.54 Å². The molecule has 0 bridgehead atoms. The Morgan fingerprint density at radius 1 is 1.04 bits per heavy atom. The van der Waals surface area contributed by atoms with Gasteiger partial charge in [0.15, 0.2) is 0 Å². The first-order valence-corrected chi connectivity index (χ1v) is 7.93. The summed E-state index contributed by atoms with van der Waals surface area (Å²) < 4.78 is 5.40. The molecule has 0 aromatic heterocycles. The van der Waals surface area contributed by atoms with E-state index in [0.29, 0.717) is 19.4 Å². The average Bonchev–Trinajstić information content (AvgIpc) is 2.95. The Labute approximate surface area is 136 Å². The topological polar surface area (TPSA) is 49.8 Å². The largest absolute Gasteiger partial charge is 0.445 e. The third-order valence-electron chi connectivity index (χ3n) is 4.24. The van der Waals surface area contributed by atoms with Crippen molar-refractivity contribution in [2.45, 2.75) is 31.6 Å². The van der Waals surface area contributed by atoms with Gasteiger partial charge in [0.05, 0.1) is 12.1 Å². The second-order valence-electron chi connectivity index (χ2n) is 5.85. The fraction of sp³-hybridized carbons (Fsp3) is 0.316. The quantitative estimate of drug-likeness (QED) is 0.944. The zero-order valence-corrected chi connectivity index (χ0v) is 13.0. The van der Waals surface area contributed by atoms with Gasteiger partial charge < -0.3 is 14.7 Å². The molecule has 1 fully saturated rings. The molecule has 2 aromatic carbocycles. The summed E-state index contributed by atoms with van der Waals surface area (Å²) in [6, 6.07) is 19.3. The third kappa shape index (κ3) is 3.90. The molecule has 3 rings (SSSR count). The SMILES string of the molecule is O=C(OCc1ccccc1)N1CC[C@@H](O)[C@H]1Cc1ccccc1. The van der Waals surface area contributed by atoms with E-state index in [1.54, 1.807) is 4.90 Å². The van der Waals surface area contributed by atoms with Crippen LogP contribution >= 0.6 is 0 Å². The monoisotopic (exact) mass is 311 g/mol. The number of carbonyl (C=O) groups excluding carboxylic acids is 1. The summed E-state index contributed by atoms with van der Waals surface area (Å²) in [4.78, 5) is 14.0. The van der Waals surface area contributed by atoms with E-state index in [4.69, 9.17) is 4.74 Å². The van der Waals surface area contributed by atoms with Crippen LogP contribution in [-0.4, -0.2) is 34.8 Å². The summed E-state index contributed by atoms with van der Waals surface area (Å²) in [6.45, 7) is 0.788. The fourth-order valence-corrected chi connectivity index (χ4v) is 2.97. The Morgan fingerprint density at radius 3 is 2.30 bits per heavy atom. The molecule has 0 radical (unpaired) electrons. The van der Waals surface area contributed by atoms with Crippen LogP contribution in [-0.2, 0) is 17.8 Å². The lowest BCUT2D eigenvalue weighted by molar-refractivity contribution is 0.0717. The van der Waals surface area contributed by atoms with Gasteiger partial charge in [0.2, 0.25) is 0 Å². The predicted octanol–water partition coefficient (Wildman–Crippen LogP) is 3.00. The number of aliphatic hydroxyl groups is 1. The lowest BCUT2D eigenvalue weighted by atomic mass is 10.0. The summed E-state index contributed by atoms with van der Waals surface area (Å²) in [6.07, 6.45) is 0.381. The highest BCUT2D eigenvalue weighted by atomic mass is 16.6. The number of aliphatic hydroxyl groups excluding tert-OH is 1. The molecule has 4 heteroatoms. The first kappa shape index (κ1) is 15.6. The smallest absolute Gasteiger partial charge is 0.410 e. The molecule has 2 aromatic rings. The molecule has 0 unspecified atom stereocenters. The average molecular weight is 311 g/mol. The molecule has 0 spiro atoms. The number of amides is 1. The molecule has 1 aliphatic heterocycles. The molecular formula is C19H21NO3. The number of rotatable bonds is 4. The molecule has 1 amide bonds. The van der Waals surface area contributed by atoms with Gasteiger partial charge in [-0.1, -0.05) is 60.7 Å². The number of hydrogen-bond acceptors (Lipinski definition) is 3. The highest BCUT2D eigenvalue weighted by Crippen LogP contribution is 2.23. The minimum atomic E-state index is -0.500. The minimum absolute atomic E-state index is 0.222. The fourth-order valence-electron chi connectivity index (χ4n) is 2.97. The Morgan fingerprint density at radius 2 is 1.65 bits per heavy atom. The Kier molecular flexibility index (Phi) is 4.93. The number of hydrogen-bond donors (Lipinski definition) is 1. The number of ether oxygens (including phenoxy) is 1. The van der Waals surface area contributed by atoms with E-state index in [9.17, 15) is 9.90 Å². The minimum Gasteiger partial charge on any atom is -0.445 e. The number of likely N-dealkylation sites (tertiary alicyclic amines) is 1. The number of nitrogens with zero attached hydrogens (tertiary/aromatic N) is 1. The van der Waals surface area contributed by atoms with Gasteiger partial charge in [-0.05, 0) is 24.0 Å². The van der Waals surface area contributed by atoms with Gasteiger partial charge in [-0.15, -0.1) is 0 Å². The van der Waals surface area contributed by atoms with Crippen LogP contribution in [0.2, 0.25) is 0 Å². The van der Waals surface area contributed by atoms with Crippen molar-refractivity contribution in [3.63, 3.8) is 0 Å². The molecule has 1 aliphatic rings. The van der Waals surface area contributed by atoms with Crippen LogP contribution in [0.3, 0.4) is 0 Å². The zero-order valence-electron chi connectivity index (χ0n) is 13.0. The lowest BCUT2D eigenvalue weighted by Gasteiger charge is -2.25. The van der Waals surface area contributed by atoms with Crippen molar-refractivity contribution in [2.75, 3.05) is 6.54 Å². The van der Waals surface area contributed by atoms with Gasteiger partial charge in [-0.3, -0.25) is 0 Å². The maximum absolute atomic E-state index is 12.4. The van der Waals surface area contributed by atoms with E-state index in [1.807, 2.05) is 60.7 Å². The maximum atomic E-state index is 12.4. The van der Waals surface area contributed by atoms with Crippen LogP contribution in [0.5, 0.6) is 0 Å². The van der Waals surface area contributed by atoms with Crippen molar-refractivity contribution < 1.29 is 14.6 Å². The molecule has 1 N–H and O–H groups in total. The maximum Gasteiger partial charge on any atom is 0.410 e. The van der Waals surface area contributed by atoms with Crippen LogP contribution in [0.25, 0.3) is 0 Å². The lowest BCUT2D eigenvalue weighted by Crippen LogP contribution is -2.41. The number of benzene rings is 2. The van der Waals surface area contributed by atoms with Crippen LogP contribution in [0.15, 0.2) is 60.7 Å². The normalized spacial score (nSPS) is 20.5. The molecular weight excluding hydrogens is 290 g/mol. The second kappa shape index (κ2) is 7.29.